The summed E-state index contributed by atoms with van der Waals surface area (Å²) in [4.78, 5) is 24.7. The van der Waals surface area contributed by atoms with Crippen molar-refractivity contribution >= 4 is 11.6 Å². The Hall–Kier alpha value is -3.42. The Balaban J connectivity index is 1.99. The lowest BCUT2D eigenvalue weighted by molar-refractivity contribution is 0.102. The van der Waals surface area contributed by atoms with E-state index >= 15 is 0 Å². The van der Waals surface area contributed by atoms with Crippen molar-refractivity contribution in [2.24, 2.45) is 7.05 Å². The van der Waals surface area contributed by atoms with Crippen molar-refractivity contribution in [1.82, 2.24) is 14.3 Å². The van der Waals surface area contributed by atoms with Crippen LogP contribution in [0.4, 0.5) is 10.1 Å². The third-order valence-corrected chi connectivity index (χ3v) is 4.32. The van der Waals surface area contributed by atoms with Crippen LogP contribution in [0.1, 0.15) is 28.7 Å². The number of hydrogen-bond acceptors (Lipinski definition) is 4. The highest BCUT2D eigenvalue weighted by Gasteiger charge is 2.20. The molecule has 0 radical (unpaired) electrons. The molecule has 0 fully saturated rings. The zero-order valence-corrected chi connectivity index (χ0v) is 15.2. The summed E-state index contributed by atoms with van der Waals surface area (Å²) in [6.45, 7) is 3.64. The fourth-order valence-electron chi connectivity index (χ4n) is 2.74. The van der Waals surface area contributed by atoms with Crippen LogP contribution < -0.4 is 11.0 Å². The SMILES string of the molecule is CCc1nn(-c2cc(O)c(C(=O)Nc3ccccc3C)cc2F)c(=O)n1C. The fourth-order valence-corrected chi connectivity index (χ4v) is 2.74. The summed E-state index contributed by atoms with van der Waals surface area (Å²) < 4.78 is 16.8. The first-order valence-electron chi connectivity index (χ1n) is 8.38. The molecule has 0 atom stereocenters. The van der Waals surface area contributed by atoms with Gasteiger partial charge in [0, 0.05) is 25.2 Å². The number of carbonyl (C=O) groups is 1. The summed E-state index contributed by atoms with van der Waals surface area (Å²) in [5, 5.41) is 16.9. The summed E-state index contributed by atoms with van der Waals surface area (Å²) in [5.41, 5.74) is 0.385. The molecule has 0 spiro atoms. The number of benzene rings is 2. The monoisotopic (exact) mass is 370 g/mol. The largest absolute Gasteiger partial charge is 0.507 e. The van der Waals surface area contributed by atoms with Crippen molar-refractivity contribution < 1.29 is 14.3 Å². The number of hydrogen-bond donors (Lipinski definition) is 2. The molecule has 1 aromatic heterocycles. The molecule has 2 N–H and O–H groups in total. The van der Waals surface area contributed by atoms with Gasteiger partial charge in [-0.3, -0.25) is 9.36 Å². The molecule has 1 amide bonds. The van der Waals surface area contributed by atoms with Crippen LogP contribution in [-0.2, 0) is 13.5 Å². The highest BCUT2D eigenvalue weighted by atomic mass is 19.1. The molecule has 0 aliphatic carbocycles. The zero-order chi connectivity index (χ0) is 19.7. The van der Waals surface area contributed by atoms with Crippen LogP contribution in [0.15, 0.2) is 41.2 Å². The van der Waals surface area contributed by atoms with Gasteiger partial charge in [0.25, 0.3) is 5.91 Å². The zero-order valence-electron chi connectivity index (χ0n) is 15.2. The second-order valence-corrected chi connectivity index (χ2v) is 6.11. The van der Waals surface area contributed by atoms with E-state index in [1.807, 2.05) is 26.0 Å². The Bertz CT molecular complexity index is 1090. The van der Waals surface area contributed by atoms with E-state index in [-0.39, 0.29) is 11.3 Å². The van der Waals surface area contributed by atoms with Gasteiger partial charge < -0.3 is 10.4 Å². The van der Waals surface area contributed by atoms with Gasteiger partial charge in [-0.25, -0.2) is 9.18 Å². The van der Waals surface area contributed by atoms with Crippen molar-refractivity contribution in [3.63, 3.8) is 0 Å². The van der Waals surface area contributed by atoms with Crippen LogP contribution in [0.25, 0.3) is 5.69 Å². The third kappa shape index (κ3) is 3.33. The second-order valence-electron chi connectivity index (χ2n) is 6.11. The van der Waals surface area contributed by atoms with Crippen LogP contribution in [0.2, 0.25) is 0 Å². The van der Waals surface area contributed by atoms with Crippen molar-refractivity contribution in [1.29, 1.82) is 0 Å². The Morgan fingerprint density at radius 2 is 2.00 bits per heavy atom. The quantitative estimate of drug-likeness (QED) is 0.739. The van der Waals surface area contributed by atoms with Gasteiger partial charge in [-0.15, -0.1) is 5.10 Å². The van der Waals surface area contributed by atoms with E-state index in [9.17, 15) is 19.1 Å². The Kier molecular flexibility index (Phi) is 4.81. The third-order valence-electron chi connectivity index (χ3n) is 4.32. The summed E-state index contributed by atoms with van der Waals surface area (Å²) in [6.07, 6.45) is 0.489. The molecule has 0 unspecified atom stereocenters. The molecule has 7 nitrogen and oxygen atoms in total. The average molecular weight is 370 g/mol. The minimum absolute atomic E-state index is 0.222. The predicted molar refractivity (Wildman–Crippen MR) is 98.9 cm³/mol. The second kappa shape index (κ2) is 7.06. The number of nitrogens with zero attached hydrogens (tertiary/aromatic N) is 3. The van der Waals surface area contributed by atoms with E-state index < -0.39 is 23.2 Å². The lowest BCUT2D eigenvalue weighted by atomic mass is 10.1. The molecule has 140 valence electrons. The maximum absolute atomic E-state index is 14.6. The molecule has 0 bridgehead atoms. The van der Waals surface area contributed by atoms with Crippen molar-refractivity contribution in [3.05, 3.63) is 69.7 Å². The van der Waals surface area contributed by atoms with Crippen molar-refractivity contribution in [2.75, 3.05) is 5.32 Å². The molecule has 0 aliphatic rings. The summed E-state index contributed by atoms with van der Waals surface area (Å²) >= 11 is 0. The van der Waals surface area contributed by atoms with Crippen LogP contribution >= 0.6 is 0 Å². The van der Waals surface area contributed by atoms with Crippen molar-refractivity contribution in [2.45, 2.75) is 20.3 Å². The molecule has 27 heavy (non-hydrogen) atoms. The number of anilines is 1. The fraction of sp³-hybridized carbons (Fsp3) is 0.211. The summed E-state index contributed by atoms with van der Waals surface area (Å²) in [7, 11) is 1.53. The number of aryl methyl sites for hydroxylation is 2. The molecule has 1 heterocycles. The molecule has 2 aromatic carbocycles. The van der Waals surface area contributed by atoms with E-state index in [4.69, 9.17) is 0 Å². The van der Waals surface area contributed by atoms with Gasteiger partial charge >= 0.3 is 5.69 Å². The van der Waals surface area contributed by atoms with Gasteiger partial charge in [-0.05, 0) is 24.6 Å². The van der Waals surface area contributed by atoms with Gasteiger partial charge in [-0.2, -0.15) is 4.68 Å². The highest BCUT2D eigenvalue weighted by molar-refractivity contribution is 6.06. The number of amides is 1. The minimum atomic E-state index is -0.842. The number of nitrogens with one attached hydrogen (secondary N) is 1. The van der Waals surface area contributed by atoms with E-state index in [1.54, 1.807) is 12.1 Å². The number of rotatable bonds is 4. The number of phenols is 1. The van der Waals surface area contributed by atoms with Crippen molar-refractivity contribution in [3.8, 4) is 11.4 Å². The number of carbonyl (C=O) groups excluding carboxylic acids is 1. The van der Waals surface area contributed by atoms with Gasteiger partial charge in [0.15, 0.2) is 0 Å². The predicted octanol–water partition coefficient (Wildman–Crippen LogP) is 2.54. The normalized spacial score (nSPS) is 10.8. The number of phenolic OH excluding ortho intramolecular Hbond substituents is 1. The molecular formula is C19H19FN4O3. The van der Waals surface area contributed by atoms with Crippen LogP contribution in [0, 0.1) is 12.7 Å². The maximum Gasteiger partial charge on any atom is 0.350 e. The number of halogens is 1. The minimum Gasteiger partial charge on any atom is -0.507 e. The smallest absolute Gasteiger partial charge is 0.350 e. The number of para-hydroxylation sites is 1. The first-order chi connectivity index (χ1) is 12.8. The van der Waals surface area contributed by atoms with Crippen LogP contribution in [0.5, 0.6) is 5.75 Å². The Labute approximate surface area is 154 Å². The summed E-state index contributed by atoms with van der Waals surface area (Å²) in [5.74, 6) is -1.48. The van der Waals surface area contributed by atoms with E-state index in [2.05, 4.69) is 10.4 Å². The standard InChI is InChI=1S/C19H19FN4O3/c1-4-17-22-24(19(27)23(17)3)15-10-16(25)12(9-13(15)20)18(26)21-14-8-6-5-7-11(14)2/h5-10,25H,4H2,1-3H3,(H,21,26). The highest BCUT2D eigenvalue weighted by Crippen LogP contribution is 2.25. The maximum atomic E-state index is 14.6. The van der Waals surface area contributed by atoms with Gasteiger partial charge in [0.05, 0.1) is 5.56 Å². The number of aromatic hydroxyl groups is 1. The summed E-state index contributed by atoms with van der Waals surface area (Å²) in [6, 6.07) is 9.02. The Morgan fingerprint density at radius 1 is 1.30 bits per heavy atom. The lowest BCUT2D eigenvalue weighted by Gasteiger charge is -2.11. The molecule has 0 saturated carbocycles. The van der Waals surface area contributed by atoms with Crippen LogP contribution in [-0.4, -0.2) is 25.4 Å². The molecule has 8 heteroatoms. The van der Waals surface area contributed by atoms with Crippen LogP contribution in [0.3, 0.4) is 0 Å². The van der Waals surface area contributed by atoms with E-state index in [0.29, 0.717) is 17.9 Å². The Morgan fingerprint density at radius 3 is 2.63 bits per heavy atom. The van der Waals surface area contributed by atoms with E-state index in [1.165, 1.54) is 11.6 Å². The van der Waals surface area contributed by atoms with Gasteiger partial charge in [0.1, 0.15) is 23.1 Å². The molecule has 0 aliphatic heterocycles. The molecular weight excluding hydrogens is 351 g/mol. The molecule has 0 saturated heterocycles. The van der Waals surface area contributed by atoms with Gasteiger partial charge in [0.2, 0.25) is 0 Å². The first-order valence-corrected chi connectivity index (χ1v) is 8.38. The average Bonchev–Trinajstić information content (AvgIpc) is 2.93. The number of aromatic nitrogens is 3. The first kappa shape index (κ1) is 18.4. The molecule has 3 aromatic rings. The molecule has 3 rings (SSSR count). The van der Waals surface area contributed by atoms with E-state index in [0.717, 1.165) is 22.4 Å². The lowest BCUT2D eigenvalue weighted by Crippen LogP contribution is -2.23. The van der Waals surface area contributed by atoms with Gasteiger partial charge in [-0.1, -0.05) is 25.1 Å². The topological polar surface area (TPSA) is 89.2 Å².